The standard InChI is InChI=1S/C28H20BN3O2/c33-29(34)23-9-7-13-27-28(23)22-8-1-2-12-26(22)32(27)21-17-19(24-10-3-5-14-30-24)16-20(18-21)25-11-4-6-15-31-25/h1-18,33-34H. The van der Waals surface area contributed by atoms with Crippen molar-refractivity contribution in [1.29, 1.82) is 0 Å². The molecule has 2 N–H and O–H groups in total. The van der Waals surface area contributed by atoms with Gasteiger partial charge >= 0.3 is 7.12 Å². The molecule has 6 rings (SSSR count). The summed E-state index contributed by atoms with van der Waals surface area (Å²) in [5.74, 6) is 0. The third-order valence-corrected chi connectivity index (χ3v) is 6.11. The van der Waals surface area contributed by atoms with Crippen molar-refractivity contribution >= 4 is 34.4 Å². The third-order valence-electron chi connectivity index (χ3n) is 6.11. The lowest BCUT2D eigenvalue weighted by Gasteiger charge is -2.13. The van der Waals surface area contributed by atoms with Crippen LogP contribution in [0.15, 0.2) is 109 Å². The molecular weight excluding hydrogens is 421 g/mol. The van der Waals surface area contributed by atoms with E-state index >= 15 is 0 Å². The molecule has 0 fully saturated rings. The minimum Gasteiger partial charge on any atom is -0.423 e. The molecular formula is C28H20BN3O2. The van der Waals surface area contributed by atoms with Crippen molar-refractivity contribution < 1.29 is 10.0 Å². The molecule has 0 saturated heterocycles. The minimum absolute atomic E-state index is 0.485. The average molecular weight is 441 g/mol. The molecule has 0 spiro atoms. The van der Waals surface area contributed by atoms with Crippen LogP contribution in [0, 0.1) is 0 Å². The Kier molecular flexibility index (Phi) is 4.95. The first-order valence-corrected chi connectivity index (χ1v) is 11.1. The first kappa shape index (κ1) is 20.4. The van der Waals surface area contributed by atoms with E-state index in [2.05, 4.69) is 38.8 Å². The molecule has 0 amide bonds. The van der Waals surface area contributed by atoms with Crippen molar-refractivity contribution in [3.63, 3.8) is 0 Å². The van der Waals surface area contributed by atoms with Crippen molar-refractivity contribution in [2.45, 2.75) is 0 Å². The zero-order valence-electron chi connectivity index (χ0n) is 18.2. The molecule has 0 radical (unpaired) electrons. The summed E-state index contributed by atoms with van der Waals surface area (Å²) in [5, 5.41) is 21.9. The predicted octanol–water partition coefficient (Wildman–Crippen LogP) is 4.59. The molecule has 34 heavy (non-hydrogen) atoms. The second kappa shape index (κ2) is 8.26. The number of para-hydroxylation sites is 1. The molecule has 0 aliphatic heterocycles. The fraction of sp³-hybridized carbons (Fsp3) is 0. The molecule has 0 atom stereocenters. The Labute approximate surface area is 196 Å². The molecule has 5 nitrogen and oxygen atoms in total. The van der Waals surface area contributed by atoms with Crippen molar-refractivity contribution in [2.24, 2.45) is 0 Å². The number of benzene rings is 3. The highest BCUT2D eigenvalue weighted by Crippen LogP contribution is 2.34. The Morgan fingerprint density at radius 1 is 0.618 bits per heavy atom. The average Bonchev–Trinajstić information content (AvgIpc) is 3.24. The van der Waals surface area contributed by atoms with Crippen molar-refractivity contribution in [3.05, 3.63) is 109 Å². The molecule has 0 aliphatic rings. The summed E-state index contributed by atoms with van der Waals surface area (Å²) in [6.07, 6.45) is 3.58. The molecule has 6 heteroatoms. The molecule has 3 heterocycles. The molecule has 0 unspecified atom stereocenters. The number of pyridine rings is 2. The lowest BCUT2D eigenvalue weighted by molar-refractivity contribution is 0.426. The molecule has 0 aliphatic carbocycles. The first-order chi connectivity index (χ1) is 16.7. The van der Waals surface area contributed by atoms with Gasteiger partial charge < -0.3 is 14.6 Å². The fourth-order valence-electron chi connectivity index (χ4n) is 4.64. The predicted molar refractivity (Wildman–Crippen MR) is 137 cm³/mol. The summed E-state index contributed by atoms with van der Waals surface area (Å²) in [6.45, 7) is 0. The number of hydrogen-bond donors (Lipinski definition) is 2. The van der Waals surface area contributed by atoms with E-state index in [-0.39, 0.29) is 0 Å². The largest absolute Gasteiger partial charge is 0.489 e. The summed E-state index contributed by atoms with van der Waals surface area (Å²) in [5.41, 5.74) is 7.00. The van der Waals surface area contributed by atoms with E-state index in [9.17, 15) is 10.0 Å². The maximum atomic E-state index is 10.1. The molecule has 3 aromatic heterocycles. The fourth-order valence-corrected chi connectivity index (χ4v) is 4.64. The van der Waals surface area contributed by atoms with Crippen LogP contribution in [-0.2, 0) is 0 Å². The summed E-state index contributed by atoms with van der Waals surface area (Å²) in [7, 11) is -1.56. The minimum atomic E-state index is -1.56. The summed E-state index contributed by atoms with van der Waals surface area (Å²) >= 11 is 0. The van der Waals surface area contributed by atoms with Gasteiger partial charge in [-0.3, -0.25) is 9.97 Å². The number of rotatable bonds is 4. The second-order valence-corrected chi connectivity index (χ2v) is 8.17. The Bertz CT molecular complexity index is 1570. The van der Waals surface area contributed by atoms with Crippen LogP contribution >= 0.6 is 0 Å². The first-order valence-electron chi connectivity index (χ1n) is 11.1. The van der Waals surface area contributed by atoms with Crippen LogP contribution in [0.5, 0.6) is 0 Å². The van der Waals surface area contributed by atoms with E-state index < -0.39 is 7.12 Å². The van der Waals surface area contributed by atoms with E-state index in [1.807, 2.05) is 66.7 Å². The highest BCUT2D eigenvalue weighted by atomic mass is 16.4. The van der Waals surface area contributed by atoms with Gasteiger partial charge in [0.05, 0.1) is 22.4 Å². The van der Waals surface area contributed by atoms with Crippen LogP contribution in [0.4, 0.5) is 0 Å². The lowest BCUT2D eigenvalue weighted by atomic mass is 9.77. The van der Waals surface area contributed by atoms with Crippen LogP contribution in [0.3, 0.4) is 0 Å². The Morgan fingerprint density at radius 2 is 1.24 bits per heavy atom. The maximum Gasteiger partial charge on any atom is 0.489 e. The van der Waals surface area contributed by atoms with Gasteiger partial charge in [0.15, 0.2) is 0 Å². The lowest BCUT2D eigenvalue weighted by Crippen LogP contribution is -2.30. The molecule has 0 saturated carbocycles. The number of hydrogen-bond acceptors (Lipinski definition) is 4. The number of nitrogens with zero attached hydrogens (tertiary/aromatic N) is 3. The van der Waals surface area contributed by atoms with E-state index in [0.717, 1.165) is 50.0 Å². The van der Waals surface area contributed by atoms with Gasteiger partial charge in [-0.2, -0.15) is 0 Å². The van der Waals surface area contributed by atoms with Gasteiger partial charge in [0.25, 0.3) is 0 Å². The van der Waals surface area contributed by atoms with Gasteiger partial charge in [-0.25, -0.2) is 0 Å². The van der Waals surface area contributed by atoms with E-state index in [4.69, 9.17) is 0 Å². The monoisotopic (exact) mass is 441 g/mol. The highest BCUT2D eigenvalue weighted by molar-refractivity contribution is 6.63. The van der Waals surface area contributed by atoms with Crippen LogP contribution in [0.25, 0.3) is 50.0 Å². The number of aromatic nitrogens is 3. The zero-order valence-corrected chi connectivity index (χ0v) is 18.2. The van der Waals surface area contributed by atoms with Crippen molar-refractivity contribution in [3.8, 4) is 28.2 Å². The normalized spacial score (nSPS) is 11.2. The van der Waals surface area contributed by atoms with Crippen LogP contribution in [-0.4, -0.2) is 31.7 Å². The van der Waals surface area contributed by atoms with Gasteiger partial charge in [0.2, 0.25) is 0 Å². The van der Waals surface area contributed by atoms with E-state index in [1.54, 1.807) is 18.5 Å². The molecule has 162 valence electrons. The van der Waals surface area contributed by atoms with Crippen LogP contribution in [0.2, 0.25) is 0 Å². The van der Waals surface area contributed by atoms with E-state index in [1.165, 1.54) is 0 Å². The maximum absolute atomic E-state index is 10.1. The summed E-state index contributed by atoms with van der Waals surface area (Å²) < 4.78 is 2.16. The molecule has 6 aromatic rings. The topological polar surface area (TPSA) is 71.2 Å². The van der Waals surface area contributed by atoms with Gasteiger partial charge in [-0.05, 0) is 60.1 Å². The van der Waals surface area contributed by atoms with Gasteiger partial charge in [0, 0.05) is 40.0 Å². The summed E-state index contributed by atoms with van der Waals surface area (Å²) in [6, 6.07) is 31.7. The smallest absolute Gasteiger partial charge is 0.423 e. The molecule has 0 bridgehead atoms. The Morgan fingerprint density at radius 3 is 1.85 bits per heavy atom. The van der Waals surface area contributed by atoms with Gasteiger partial charge in [-0.15, -0.1) is 0 Å². The van der Waals surface area contributed by atoms with Crippen LogP contribution < -0.4 is 5.46 Å². The highest BCUT2D eigenvalue weighted by Gasteiger charge is 2.21. The van der Waals surface area contributed by atoms with Crippen molar-refractivity contribution in [1.82, 2.24) is 14.5 Å². The Balaban J connectivity index is 1.71. The Hall–Kier alpha value is -4.26. The summed E-state index contributed by atoms with van der Waals surface area (Å²) in [4.78, 5) is 9.14. The quantitative estimate of drug-likeness (QED) is 0.393. The number of fused-ring (bicyclic) bond motifs is 3. The van der Waals surface area contributed by atoms with Crippen molar-refractivity contribution in [2.75, 3.05) is 0 Å². The van der Waals surface area contributed by atoms with Gasteiger partial charge in [0.1, 0.15) is 0 Å². The molecule has 3 aromatic carbocycles. The zero-order chi connectivity index (χ0) is 23.1. The van der Waals surface area contributed by atoms with Gasteiger partial charge in [-0.1, -0.05) is 42.5 Å². The third kappa shape index (κ3) is 3.37. The second-order valence-electron chi connectivity index (χ2n) is 8.17. The van der Waals surface area contributed by atoms with Crippen LogP contribution in [0.1, 0.15) is 0 Å². The van der Waals surface area contributed by atoms with E-state index in [0.29, 0.717) is 5.46 Å². The SMILES string of the molecule is OB(O)c1cccc2c1c1ccccc1n2-c1cc(-c2ccccn2)cc(-c2ccccn2)c1.